The van der Waals surface area contributed by atoms with E-state index in [2.05, 4.69) is 0 Å². The number of carbonyl (C=O) groups excluding carboxylic acids is 1. The molecular weight excluding hydrogens is 354 g/mol. The number of halogens is 1. The molecule has 2 heterocycles. The van der Waals surface area contributed by atoms with Crippen molar-refractivity contribution in [3.63, 3.8) is 0 Å². The Balaban J connectivity index is 1.58. The lowest BCUT2D eigenvalue weighted by molar-refractivity contribution is 0.0735. The minimum Gasteiger partial charge on any atom is -0.494 e. The molecule has 26 heavy (non-hydrogen) atoms. The van der Waals surface area contributed by atoms with Gasteiger partial charge in [0, 0.05) is 12.1 Å². The molecule has 0 radical (unpaired) electrons. The minimum absolute atomic E-state index is 0.0402. The Morgan fingerprint density at radius 3 is 2.85 bits per heavy atom. The molecule has 2 aromatic carbocycles. The fraction of sp³-hybridized carbons (Fsp3) is 0.350. The predicted molar refractivity (Wildman–Crippen MR) is 98.2 cm³/mol. The van der Waals surface area contributed by atoms with Crippen LogP contribution in [0, 0.1) is 0 Å². The van der Waals surface area contributed by atoms with Crippen LogP contribution < -0.4 is 14.2 Å². The van der Waals surface area contributed by atoms with Crippen LogP contribution in [0.5, 0.6) is 17.2 Å². The van der Waals surface area contributed by atoms with Gasteiger partial charge in [0.2, 0.25) is 6.79 Å². The molecular formula is C20H20ClNO4. The highest BCUT2D eigenvalue weighted by atomic mass is 35.5. The number of likely N-dealkylation sites (tertiary alicyclic amines) is 1. The number of nitrogens with zero attached hydrogens (tertiary/aromatic N) is 1. The Morgan fingerprint density at radius 1 is 1.27 bits per heavy atom. The van der Waals surface area contributed by atoms with Gasteiger partial charge in [-0.05, 0) is 49.6 Å². The van der Waals surface area contributed by atoms with Gasteiger partial charge in [0.1, 0.15) is 5.75 Å². The van der Waals surface area contributed by atoms with Gasteiger partial charge in [-0.3, -0.25) is 4.79 Å². The summed E-state index contributed by atoms with van der Waals surface area (Å²) in [5.41, 5.74) is 1.64. The molecule has 0 saturated carbocycles. The lowest BCUT2D eigenvalue weighted by Crippen LogP contribution is -2.30. The number of amides is 1. The number of hydrogen-bond acceptors (Lipinski definition) is 4. The normalized spacial score (nSPS) is 18.2. The number of rotatable bonds is 4. The zero-order valence-corrected chi connectivity index (χ0v) is 15.3. The van der Waals surface area contributed by atoms with Gasteiger partial charge >= 0.3 is 0 Å². The molecule has 0 aliphatic carbocycles. The first-order valence-electron chi connectivity index (χ1n) is 8.80. The molecule has 6 heteroatoms. The molecule has 0 spiro atoms. The first kappa shape index (κ1) is 17.0. The van der Waals surface area contributed by atoms with Crippen molar-refractivity contribution in [2.24, 2.45) is 0 Å². The average molecular weight is 374 g/mol. The molecule has 2 aliphatic heterocycles. The fourth-order valence-electron chi connectivity index (χ4n) is 3.57. The molecule has 1 atom stereocenters. The van der Waals surface area contributed by atoms with Crippen LogP contribution in [0.4, 0.5) is 0 Å². The molecule has 5 nitrogen and oxygen atoms in total. The standard InChI is InChI=1S/C20H20ClNO4/c1-2-24-15-7-5-13(6-8-15)17-4-3-9-22(17)20(23)14-10-16(21)19-18(11-14)25-12-26-19/h5-8,10-11,17H,2-4,9,12H2,1H3. The molecule has 2 aliphatic rings. The van der Waals surface area contributed by atoms with Crippen molar-refractivity contribution in [2.75, 3.05) is 19.9 Å². The maximum absolute atomic E-state index is 13.1. The van der Waals surface area contributed by atoms with E-state index in [-0.39, 0.29) is 18.7 Å². The molecule has 136 valence electrons. The Bertz CT molecular complexity index is 821. The highest BCUT2D eigenvalue weighted by molar-refractivity contribution is 6.32. The number of carbonyl (C=O) groups is 1. The summed E-state index contributed by atoms with van der Waals surface area (Å²) in [6.45, 7) is 3.45. The van der Waals surface area contributed by atoms with Crippen LogP contribution in [-0.4, -0.2) is 30.8 Å². The highest BCUT2D eigenvalue weighted by Gasteiger charge is 2.32. The van der Waals surface area contributed by atoms with E-state index in [1.54, 1.807) is 12.1 Å². The predicted octanol–water partition coefficient (Wildman–Crippen LogP) is 4.44. The molecule has 1 fully saturated rings. The molecule has 2 aromatic rings. The third-order valence-corrected chi connectivity index (χ3v) is 5.04. The molecule has 1 saturated heterocycles. The maximum atomic E-state index is 13.1. The lowest BCUT2D eigenvalue weighted by Gasteiger charge is -2.25. The topological polar surface area (TPSA) is 48.0 Å². The first-order chi connectivity index (χ1) is 12.7. The van der Waals surface area contributed by atoms with Gasteiger partial charge in [-0.25, -0.2) is 0 Å². The van der Waals surface area contributed by atoms with Gasteiger partial charge < -0.3 is 19.1 Å². The molecule has 1 amide bonds. The van der Waals surface area contributed by atoms with Crippen molar-refractivity contribution in [2.45, 2.75) is 25.8 Å². The smallest absolute Gasteiger partial charge is 0.254 e. The fourth-order valence-corrected chi connectivity index (χ4v) is 3.83. The summed E-state index contributed by atoms with van der Waals surface area (Å²) in [6, 6.07) is 11.4. The summed E-state index contributed by atoms with van der Waals surface area (Å²) in [6.07, 6.45) is 1.92. The van der Waals surface area contributed by atoms with Crippen LogP contribution in [0.3, 0.4) is 0 Å². The van der Waals surface area contributed by atoms with Crippen LogP contribution in [0.2, 0.25) is 5.02 Å². The van der Waals surface area contributed by atoms with Crippen molar-refractivity contribution < 1.29 is 19.0 Å². The van der Waals surface area contributed by atoms with E-state index in [0.29, 0.717) is 28.7 Å². The summed E-state index contributed by atoms with van der Waals surface area (Å²) in [5.74, 6) is 1.83. The van der Waals surface area contributed by atoms with Crippen LogP contribution in [0.1, 0.15) is 41.7 Å². The number of benzene rings is 2. The van der Waals surface area contributed by atoms with E-state index >= 15 is 0 Å². The van der Waals surface area contributed by atoms with Gasteiger partial charge in [-0.1, -0.05) is 23.7 Å². The molecule has 0 N–H and O–H groups in total. The zero-order valence-electron chi connectivity index (χ0n) is 14.5. The number of fused-ring (bicyclic) bond motifs is 1. The van der Waals surface area contributed by atoms with E-state index in [1.165, 1.54) is 0 Å². The van der Waals surface area contributed by atoms with Gasteiger partial charge in [0.15, 0.2) is 11.5 Å². The zero-order chi connectivity index (χ0) is 18.1. The van der Waals surface area contributed by atoms with Crippen molar-refractivity contribution in [3.05, 3.63) is 52.5 Å². The largest absolute Gasteiger partial charge is 0.494 e. The van der Waals surface area contributed by atoms with Crippen molar-refractivity contribution in [1.82, 2.24) is 4.90 Å². The average Bonchev–Trinajstić information content (AvgIpc) is 3.31. The minimum atomic E-state index is -0.0402. The van der Waals surface area contributed by atoms with Crippen LogP contribution >= 0.6 is 11.6 Å². The quantitative estimate of drug-likeness (QED) is 0.794. The molecule has 0 bridgehead atoms. The Hall–Kier alpha value is -2.40. The maximum Gasteiger partial charge on any atom is 0.254 e. The first-order valence-corrected chi connectivity index (χ1v) is 9.18. The second kappa shape index (κ2) is 7.08. The van der Waals surface area contributed by atoms with Crippen LogP contribution in [0.25, 0.3) is 0 Å². The molecule has 4 rings (SSSR count). The Labute approximate surface area is 157 Å². The van der Waals surface area contributed by atoms with Gasteiger partial charge in [-0.2, -0.15) is 0 Å². The summed E-state index contributed by atoms with van der Waals surface area (Å²) in [5, 5.41) is 0.403. The lowest BCUT2D eigenvalue weighted by atomic mass is 10.0. The van der Waals surface area contributed by atoms with E-state index in [4.69, 9.17) is 25.8 Å². The number of hydrogen-bond donors (Lipinski definition) is 0. The van der Waals surface area contributed by atoms with Gasteiger partial charge in [-0.15, -0.1) is 0 Å². The third kappa shape index (κ3) is 3.07. The van der Waals surface area contributed by atoms with Crippen LogP contribution in [-0.2, 0) is 0 Å². The van der Waals surface area contributed by atoms with Gasteiger partial charge in [0.25, 0.3) is 5.91 Å². The van der Waals surface area contributed by atoms with Crippen LogP contribution in [0.15, 0.2) is 36.4 Å². The summed E-state index contributed by atoms with van der Waals surface area (Å²) < 4.78 is 16.2. The molecule has 1 unspecified atom stereocenters. The van der Waals surface area contributed by atoms with E-state index < -0.39 is 0 Å². The number of ether oxygens (including phenoxy) is 3. The van der Waals surface area contributed by atoms with E-state index in [0.717, 1.165) is 30.7 Å². The van der Waals surface area contributed by atoms with Gasteiger partial charge in [0.05, 0.1) is 17.7 Å². The summed E-state index contributed by atoms with van der Waals surface area (Å²) >= 11 is 6.24. The summed E-state index contributed by atoms with van der Waals surface area (Å²) in [7, 11) is 0. The van der Waals surface area contributed by atoms with E-state index in [9.17, 15) is 4.79 Å². The Kier molecular flexibility index (Phi) is 4.64. The highest BCUT2D eigenvalue weighted by Crippen LogP contribution is 2.41. The van der Waals surface area contributed by atoms with Crippen molar-refractivity contribution in [1.29, 1.82) is 0 Å². The second-order valence-electron chi connectivity index (χ2n) is 6.35. The summed E-state index contributed by atoms with van der Waals surface area (Å²) in [4.78, 5) is 15.0. The Morgan fingerprint density at radius 2 is 2.08 bits per heavy atom. The third-order valence-electron chi connectivity index (χ3n) is 4.76. The van der Waals surface area contributed by atoms with E-state index in [1.807, 2.05) is 36.1 Å². The van der Waals surface area contributed by atoms with Crippen molar-refractivity contribution in [3.8, 4) is 17.2 Å². The molecule has 0 aromatic heterocycles. The monoisotopic (exact) mass is 373 g/mol. The SMILES string of the molecule is CCOc1ccc(C2CCCN2C(=O)c2cc(Cl)c3c(c2)OCO3)cc1. The second-order valence-corrected chi connectivity index (χ2v) is 6.76. The van der Waals surface area contributed by atoms with Crippen molar-refractivity contribution >= 4 is 17.5 Å².